The number of aldehydes is 1. The van der Waals surface area contributed by atoms with Crippen LogP contribution in [0, 0.1) is 6.92 Å². The fourth-order valence-corrected chi connectivity index (χ4v) is 1.54. The highest BCUT2D eigenvalue weighted by molar-refractivity contribution is 6.31. The topological polar surface area (TPSA) is 26.3 Å². The maximum absolute atomic E-state index is 10.3. The molecule has 0 N–H and O–H groups in total. The zero-order chi connectivity index (χ0) is 11.4. The Morgan fingerprint density at radius 1 is 1.47 bits per heavy atom. The van der Waals surface area contributed by atoms with Gasteiger partial charge in [-0.1, -0.05) is 25.4 Å². The molecule has 0 saturated heterocycles. The Morgan fingerprint density at radius 2 is 2.13 bits per heavy atom. The molecule has 0 radical (unpaired) electrons. The van der Waals surface area contributed by atoms with Crippen molar-refractivity contribution in [1.82, 2.24) is 0 Å². The zero-order valence-corrected chi connectivity index (χ0v) is 9.97. The van der Waals surface area contributed by atoms with E-state index in [0.717, 1.165) is 28.2 Å². The second-order valence-electron chi connectivity index (χ2n) is 3.77. The molecule has 0 fully saturated rings. The standard InChI is InChI=1S/C12H15ClO2/c1-8(2)10-7-11(13)9(3)6-12(10)15-5-4-14/h4,6-8H,5H2,1-3H3. The zero-order valence-electron chi connectivity index (χ0n) is 9.21. The number of benzene rings is 1. The van der Waals surface area contributed by atoms with E-state index in [9.17, 15) is 4.79 Å². The SMILES string of the molecule is Cc1cc(OCC=O)c(C(C)C)cc1Cl. The molecule has 1 rings (SSSR count). The maximum Gasteiger partial charge on any atom is 0.157 e. The van der Waals surface area contributed by atoms with Gasteiger partial charge in [0.25, 0.3) is 0 Å². The first-order valence-corrected chi connectivity index (χ1v) is 5.30. The van der Waals surface area contributed by atoms with Gasteiger partial charge in [0.05, 0.1) is 0 Å². The lowest BCUT2D eigenvalue weighted by Gasteiger charge is -2.14. The summed E-state index contributed by atoms with van der Waals surface area (Å²) in [4.78, 5) is 10.3. The number of rotatable bonds is 4. The molecule has 1 aromatic rings. The highest BCUT2D eigenvalue weighted by Crippen LogP contribution is 2.31. The van der Waals surface area contributed by atoms with Crippen molar-refractivity contribution in [1.29, 1.82) is 0 Å². The van der Waals surface area contributed by atoms with Crippen LogP contribution in [0.5, 0.6) is 5.75 Å². The van der Waals surface area contributed by atoms with Crippen molar-refractivity contribution >= 4 is 17.9 Å². The smallest absolute Gasteiger partial charge is 0.157 e. The second-order valence-corrected chi connectivity index (χ2v) is 4.18. The second kappa shape index (κ2) is 5.17. The first kappa shape index (κ1) is 12.1. The number of hydrogen-bond donors (Lipinski definition) is 0. The van der Waals surface area contributed by atoms with E-state index >= 15 is 0 Å². The summed E-state index contributed by atoms with van der Waals surface area (Å²) in [5, 5.41) is 0.733. The predicted molar refractivity (Wildman–Crippen MR) is 61.8 cm³/mol. The molecule has 0 atom stereocenters. The molecule has 82 valence electrons. The van der Waals surface area contributed by atoms with Crippen LogP contribution in [0.25, 0.3) is 0 Å². The third-order valence-corrected chi connectivity index (χ3v) is 2.63. The number of carbonyl (C=O) groups excluding carboxylic acids is 1. The summed E-state index contributed by atoms with van der Waals surface area (Å²) in [7, 11) is 0. The van der Waals surface area contributed by atoms with E-state index in [4.69, 9.17) is 16.3 Å². The monoisotopic (exact) mass is 226 g/mol. The summed E-state index contributed by atoms with van der Waals surface area (Å²) < 4.78 is 5.36. The van der Waals surface area contributed by atoms with Gasteiger partial charge in [0, 0.05) is 5.02 Å². The van der Waals surface area contributed by atoms with Crippen LogP contribution in [-0.2, 0) is 4.79 Å². The normalized spacial score (nSPS) is 10.5. The summed E-state index contributed by atoms with van der Waals surface area (Å²) in [6, 6.07) is 3.78. The van der Waals surface area contributed by atoms with E-state index in [2.05, 4.69) is 13.8 Å². The van der Waals surface area contributed by atoms with Crippen LogP contribution < -0.4 is 4.74 Å². The summed E-state index contributed by atoms with van der Waals surface area (Å²) >= 11 is 6.04. The average Bonchev–Trinajstić information content (AvgIpc) is 2.19. The van der Waals surface area contributed by atoms with Crippen LogP contribution >= 0.6 is 11.6 Å². The van der Waals surface area contributed by atoms with Crippen molar-refractivity contribution in [3.05, 3.63) is 28.3 Å². The Bertz CT molecular complexity index is 359. The third kappa shape index (κ3) is 2.96. The first-order valence-electron chi connectivity index (χ1n) is 4.92. The summed E-state index contributed by atoms with van der Waals surface area (Å²) in [6.07, 6.45) is 0.744. The van der Waals surface area contributed by atoms with E-state index in [1.54, 1.807) is 0 Å². The van der Waals surface area contributed by atoms with Crippen molar-refractivity contribution < 1.29 is 9.53 Å². The van der Waals surface area contributed by atoms with Crippen molar-refractivity contribution in [2.45, 2.75) is 26.7 Å². The Hall–Kier alpha value is -1.02. The average molecular weight is 227 g/mol. The van der Waals surface area contributed by atoms with Crippen molar-refractivity contribution in [2.75, 3.05) is 6.61 Å². The molecule has 3 heteroatoms. The van der Waals surface area contributed by atoms with Crippen molar-refractivity contribution in [3.8, 4) is 5.75 Å². The van der Waals surface area contributed by atoms with E-state index in [0.29, 0.717) is 5.92 Å². The van der Waals surface area contributed by atoms with E-state index in [1.807, 2.05) is 19.1 Å². The Morgan fingerprint density at radius 3 is 2.67 bits per heavy atom. The fourth-order valence-electron chi connectivity index (χ4n) is 1.37. The van der Waals surface area contributed by atoms with Gasteiger partial charge in [-0.25, -0.2) is 0 Å². The van der Waals surface area contributed by atoms with Crippen molar-refractivity contribution in [3.63, 3.8) is 0 Å². The number of ether oxygens (including phenoxy) is 1. The van der Waals surface area contributed by atoms with Gasteiger partial charge in [0.15, 0.2) is 6.29 Å². The quantitative estimate of drug-likeness (QED) is 0.736. The van der Waals surface area contributed by atoms with E-state index in [-0.39, 0.29) is 6.61 Å². The van der Waals surface area contributed by atoms with Gasteiger partial charge in [-0.3, -0.25) is 4.79 Å². The molecular weight excluding hydrogens is 212 g/mol. The first-order chi connectivity index (χ1) is 7.06. The van der Waals surface area contributed by atoms with Crippen molar-refractivity contribution in [2.24, 2.45) is 0 Å². The molecule has 0 heterocycles. The minimum Gasteiger partial charge on any atom is -0.486 e. The van der Waals surface area contributed by atoms with Gasteiger partial charge in [-0.15, -0.1) is 0 Å². The number of hydrogen-bond acceptors (Lipinski definition) is 2. The number of carbonyl (C=O) groups is 1. The lowest BCUT2D eigenvalue weighted by Crippen LogP contribution is -2.02. The van der Waals surface area contributed by atoms with Crippen LogP contribution in [0.2, 0.25) is 5.02 Å². The molecule has 0 unspecified atom stereocenters. The molecule has 0 aliphatic heterocycles. The van der Waals surface area contributed by atoms with E-state index in [1.165, 1.54) is 0 Å². The molecule has 0 spiro atoms. The lowest BCUT2D eigenvalue weighted by molar-refractivity contribution is -0.109. The third-order valence-electron chi connectivity index (χ3n) is 2.22. The molecule has 0 aliphatic rings. The Kier molecular flexibility index (Phi) is 4.15. The minimum atomic E-state index is 0.0841. The Labute approximate surface area is 95.2 Å². The molecule has 1 aromatic carbocycles. The molecule has 2 nitrogen and oxygen atoms in total. The number of halogens is 1. The largest absolute Gasteiger partial charge is 0.486 e. The van der Waals surface area contributed by atoms with Gasteiger partial charge >= 0.3 is 0 Å². The fraction of sp³-hybridized carbons (Fsp3) is 0.417. The maximum atomic E-state index is 10.3. The summed E-state index contributed by atoms with van der Waals surface area (Å²) in [5.74, 6) is 1.07. The van der Waals surface area contributed by atoms with Gasteiger partial charge in [-0.2, -0.15) is 0 Å². The molecule has 0 saturated carbocycles. The molecule has 0 amide bonds. The minimum absolute atomic E-state index is 0.0841. The van der Waals surface area contributed by atoms with Crippen LogP contribution in [0.3, 0.4) is 0 Å². The van der Waals surface area contributed by atoms with Crippen LogP contribution in [0.1, 0.15) is 30.9 Å². The highest BCUT2D eigenvalue weighted by Gasteiger charge is 2.10. The van der Waals surface area contributed by atoms with Crippen LogP contribution in [0.15, 0.2) is 12.1 Å². The van der Waals surface area contributed by atoms with Crippen LogP contribution in [-0.4, -0.2) is 12.9 Å². The lowest BCUT2D eigenvalue weighted by atomic mass is 10.0. The molecule has 0 aliphatic carbocycles. The summed E-state index contributed by atoms with van der Waals surface area (Å²) in [6.45, 7) is 6.13. The van der Waals surface area contributed by atoms with Gasteiger partial charge in [-0.05, 0) is 36.1 Å². The predicted octanol–water partition coefficient (Wildman–Crippen LogP) is 3.35. The van der Waals surface area contributed by atoms with Gasteiger partial charge < -0.3 is 4.74 Å². The van der Waals surface area contributed by atoms with E-state index < -0.39 is 0 Å². The van der Waals surface area contributed by atoms with Gasteiger partial charge in [0.1, 0.15) is 12.4 Å². The van der Waals surface area contributed by atoms with Gasteiger partial charge in [0.2, 0.25) is 0 Å². The Balaban J connectivity index is 3.09. The number of aryl methyl sites for hydroxylation is 1. The summed E-state index contributed by atoms with van der Waals surface area (Å²) in [5.41, 5.74) is 1.99. The molecule has 15 heavy (non-hydrogen) atoms. The highest BCUT2D eigenvalue weighted by atomic mass is 35.5. The molecular formula is C12H15ClO2. The van der Waals surface area contributed by atoms with Crippen LogP contribution in [0.4, 0.5) is 0 Å². The molecule has 0 aromatic heterocycles. The molecule has 0 bridgehead atoms.